The lowest BCUT2D eigenvalue weighted by Gasteiger charge is -2.33. The van der Waals surface area contributed by atoms with Gasteiger partial charge in [0.05, 0.1) is 0 Å². The quantitative estimate of drug-likeness (QED) is 0.0310. The van der Waals surface area contributed by atoms with E-state index in [0.717, 1.165) is 45.1 Å². The van der Waals surface area contributed by atoms with E-state index in [-0.39, 0.29) is 50.6 Å². The second-order valence-electron chi connectivity index (χ2n) is 23.0. The van der Waals surface area contributed by atoms with Crippen molar-refractivity contribution in [3.8, 4) is 0 Å². The van der Waals surface area contributed by atoms with Crippen molar-refractivity contribution in [2.24, 2.45) is 5.92 Å². The monoisotopic (exact) mass is 1540 g/mol. The first-order valence-corrected chi connectivity index (χ1v) is 44.2. The van der Waals surface area contributed by atoms with Crippen molar-refractivity contribution < 1.29 is 169 Å². The molecule has 0 fully saturated rings. The Balaban J connectivity index is -0.000000340. The van der Waals surface area contributed by atoms with Crippen LogP contribution in [0.5, 0.6) is 0 Å². The van der Waals surface area contributed by atoms with Crippen LogP contribution in [0.4, 0.5) is 0 Å². The summed E-state index contributed by atoms with van der Waals surface area (Å²) in [6.45, 7) is 22.1. The minimum atomic E-state index is -5.36. The molecule has 0 amide bonds. The van der Waals surface area contributed by atoms with E-state index < -0.39 is 133 Å². The number of aliphatic hydroxyl groups is 5. The molecule has 0 bridgehead atoms. The molecular weight excluding hydrogens is 1430 g/mol. The average Bonchev–Trinajstić information content (AvgIpc) is 0.984. The lowest BCUT2D eigenvalue weighted by atomic mass is 10.1. The molecule has 0 saturated carbocycles. The third-order valence-corrected chi connectivity index (χ3v) is 32.8. The smallest absolute Gasteiger partial charge is 0.368 e. The minimum Gasteiger partial charge on any atom is -0.368 e. The van der Waals surface area contributed by atoms with Crippen LogP contribution in [0, 0.1) is 5.92 Å². The molecule has 49 heteroatoms. The zero-order valence-corrected chi connectivity index (χ0v) is 62.1. The number of hydrogen-bond donors (Lipinski definition) is 27. The van der Waals surface area contributed by atoms with Gasteiger partial charge < -0.3 is 144 Å². The molecule has 0 heterocycles. The van der Waals surface area contributed by atoms with E-state index in [2.05, 4.69) is 10.6 Å². The van der Waals surface area contributed by atoms with E-state index in [1.807, 2.05) is 53.4 Å². The van der Waals surface area contributed by atoms with Crippen molar-refractivity contribution in [3.63, 3.8) is 0 Å². The maximum Gasteiger partial charge on any atom is 0.369 e. The maximum atomic E-state index is 11.3. The Morgan fingerprint density at radius 3 is 0.868 bits per heavy atom. The Bertz CT molecular complexity index is 2470. The first-order chi connectivity index (χ1) is 39.9. The minimum absolute atomic E-state index is 0.00585. The third kappa shape index (κ3) is 35.8. The largest absolute Gasteiger partial charge is 0.369 e. The summed E-state index contributed by atoms with van der Waals surface area (Å²) in [4.78, 5) is 182. The summed E-state index contributed by atoms with van der Waals surface area (Å²) in [6, 6.07) is 0.412. The molecule has 0 spiro atoms. The van der Waals surface area contributed by atoms with Crippen LogP contribution in [0.25, 0.3) is 0 Å². The lowest BCUT2D eigenvalue weighted by Crippen LogP contribution is -2.38. The molecule has 91 heavy (non-hydrogen) atoms. The second-order valence-corrected chi connectivity index (χ2v) is 43.0. The van der Waals surface area contributed by atoms with Gasteiger partial charge in [-0.05, 0) is 98.8 Å². The van der Waals surface area contributed by atoms with Gasteiger partial charge in [-0.25, -0.2) is 0 Å². The van der Waals surface area contributed by atoms with Gasteiger partial charge in [0.25, 0.3) is 25.4 Å². The number of nitrogens with one attached hydrogen (secondary N) is 2. The zero-order chi connectivity index (χ0) is 74.1. The molecule has 27 N–H and O–H groups in total. The highest BCUT2D eigenvalue weighted by Gasteiger charge is 2.62. The second kappa shape index (κ2) is 41.2. The summed E-state index contributed by atoms with van der Waals surface area (Å²) in [5.41, 5.74) is 0. The summed E-state index contributed by atoms with van der Waals surface area (Å²) < 4.78 is 111. The Morgan fingerprint density at radius 2 is 0.593 bits per heavy atom. The van der Waals surface area contributed by atoms with E-state index in [0.29, 0.717) is 31.3 Å². The summed E-state index contributed by atoms with van der Waals surface area (Å²) in [7, 11) is -51.6. The summed E-state index contributed by atoms with van der Waals surface area (Å²) in [5.74, 6) is 0.383. The van der Waals surface area contributed by atoms with E-state index in [4.69, 9.17) is 97.9 Å². The van der Waals surface area contributed by atoms with E-state index >= 15 is 0 Å². The maximum absolute atomic E-state index is 11.3. The van der Waals surface area contributed by atoms with Gasteiger partial charge in [-0.1, -0.05) is 87.0 Å². The Hall–Kier alpha value is 1.14. The lowest BCUT2D eigenvalue weighted by molar-refractivity contribution is 0.101. The van der Waals surface area contributed by atoms with E-state index in [1.54, 1.807) is 39.6 Å². The fourth-order valence-electron chi connectivity index (χ4n) is 7.05. The Kier molecular flexibility index (Phi) is 45.6. The molecule has 0 atom stereocenters. The molecule has 0 aromatic rings. The van der Waals surface area contributed by atoms with Crippen LogP contribution in [0.2, 0.25) is 0 Å². The fraction of sp³-hybridized carbons (Fsp3) is 1.00. The predicted octanol–water partition coefficient (Wildman–Crippen LogP) is 2.51. The molecule has 0 rings (SSSR count). The third-order valence-electron chi connectivity index (χ3n) is 13.4. The number of nitrogens with zero attached hydrogens (tertiary/aromatic N) is 2. The summed E-state index contributed by atoms with van der Waals surface area (Å²) in [5, 5.41) is 37.4. The van der Waals surface area contributed by atoms with Crippen molar-refractivity contribution in [1.82, 2.24) is 20.4 Å². The standard InChI is InChI=1S/C11H27NO7P2.C10H25NO7P2.C8H20O7P2.C7H19NO7P2.C6H17NO7P2/c1-4-5-6-8-12(10(2)3)9-7-11(13,20(14,15)16)21(17,18)19;1-9(2)11-8-6-4-3-5-7-10(12,19(13,14)15)20(16,17)18;1-7(2)5-3-4-6-8(9,16(10,11)12)17(13,14)15;1-6(2)8(3)5-4-7(9,16(10,11)12)17(13,14)15;1-5(2)7-4-3-6(8,15(9,10)11)16(12,13)14/h10,13H,4-9H2,1-3H3,(H2,14,15,16)(H2,17,18,19);9,11-12H,3-8H2,1-2H3,(H2,13,14,15)(H2,16,17,18);7,9H,3-6H2,1-2H3,(H2,10,11,12)(H2,13,14,15);6,9H,4-5H2,1-3H3,(H2,10,11,12)(H2,13,14,15);5,7-8H,3-4H2,1-2H3,(H2,9,10,11)(H2,12,13,14). The fourth-order valence-corrected chi connectivity index (χ4v) is 18.0. The molecule has 0 radical (unpaired) electrons. The van der Waals surface area contributed by atoms with Crippen LogP contribution in [-0.2, 0) is 45.7 Å². The van der Waals surface area contributed by atoms with Crippen molar-refractivity contribution in [3.05, 3.63) is 0 Å². The first-order valence-electron chi connectivity index (χ1n) is 28.0. The van der Waals surface area contributed by atoms with Crippen LogP contribution in [0.15, 0.2) is 0 Å². The molecule has 39 nitrogen and oxygen atoms in total. The van der Waals surface area contributed by atoms with E-state index in [9.17, 15) is 71.2 Å². The zero-order valence-electron chi connectivity index (χ0n) is 53.2. The molecule has 0 aromatic carbocycles. The molecule has 556 valence electrons. The van der Waals surface area contributed by atoms with Crippen LogP contribution in [0.1, 0.15) is 172 Å². The van der Waals surface area contributed by atoms with E-state index in [1.165, 1.54) is 0 Å². The molecule has 0 aliphatic heterocycles. The summed E-state index contributed by atoms with van der Waals surface area (Å²) >= 11 is 0. The van der Waals surface area contributed by atoms with Crippen molar-refractivity contribution in [2.45, 2.75) is 222 Å². The normalized spacial score (nSPS) is 14.3. The van der Waals surface area contributed by atoms with Gasteiger partial charge in [0.15, 0.2) is 0 Å². The highest BCUT2D eigenvalue weighted by Crippen LogP contribution is 2.72. The number of unbranched alkanes of at least 4 members (excludes halogenated alkanes) is 6. The molecule has 0 saturated heterocycles. The molecular formula is C42H108N4O35P10. The van der Waals surface area contributed by atoms with Crippen LogP contribution < -0.4 is 10.6 Å². The highest BCUT2D eigenvalue weighted by molar-refractivity contribution is 7.74. The van der Waals surface area contributed by atoms with Crippen molar-refractivity contribution in [2.75, 3.05) is 39.8 Å². The van der Waals surface area contributed by atoms with Crippen LogP contribution in [0.3, 0.4) is 0 Å². The van der Waals surface area contributed by atoms with Crippen LogP contribution in [-0.4, -0.2) is 223 Å². The summed E-state index contributed by atoms with van der Waals surface area (Å²) in [6.07, 6.45) is 3.21. The Morgan fingerprint density at radius 1 is 0.319 bits per heavy atom. The Labute approximate surface area is 531 Å². The molecule has 0 aliphatic rings. The van der Waals surface area contributed by atoms with Crippen molar-refractivity contribution in [1.29, 1.82) is 0 Å². The molecule has 0 aromatic heterocycles. The van der Waals surface area contributed by atoms with Gasteiger partial charge in [-0.15, -0.1) is 0 Å². The highest BCUT2D eigenvalue weighted by atomic mass is 31.3. The number of hydrogen-bond acceptors (Lipinski definition) is 19. The SMILES string of the molecule is CC(C)CCCCC(O)(P(=O)(O)O)P(=O)(O)O.CC(C)N(C)CCC(O)(P(=O)(O)O)P(=O)(O)O.CC(C)NCCC(O)(P(=O)(O)O)P(=O)(O)O.CC(C)NCCCCCCC(O)(P(=O)(O)O)P(=O)(O)O.CCCCCN(CCC(O)(P(=O)(O)O)P(=O)(O)O)C(C)C. The topological polar surface area (TPSA) is 707 Å². The van der Waals surface area contributed by atoms with Gasteiger partial charge in [0.1, 0.15) is 0 Å². The van der Waals surface area contributed by atoms with Gasteiger partial charge in [0.2, 0.25) is 0 Å². The van der Waals surface area contributed by atoms with Gasteiger partial charge >= 0.3 is 76.0 Å². The van der Waals surface area contributed by atoms with Gasteiger partial charge in [-0.2, -0.15) is 0 Å². The van der Waals surface area contributed by atoms with Gasteiger partial charge in [0, 0.05) is 56.5 Å². The average molecular weight is 1540 g/mol. The molecule has 0 unspecified atom stereocenters. The van der Waals surface area contributed by atoms with Crippen LogP contribution >= 0.6 is 76.0 Å². The first kappa shape index (κ1) is 101. The predicted molar refractivity (Wildman–Crippen MR) is 336 cm³/mol. The number of rotatable bonds is 39. The molecule has 0 aliphatic carbocycles. The van der Waals surface area contributed by atoms with Gasteiger partial charge in [-0.3, -0.25) is 45.7 Å². The van der Waals surface area contributed by atoms with Crippen molar-refractivity contribution >= 4 is 76.0 Å².